The van der Waals surface area contributed by atoms with Gasteiger partial charge >= 0.3 is 0 Å². The Kier molecular flexibility index (Phi) is 4.53. The van der Waals surface area contributed by atoms with Crippen molar-refractivity contribution in [1.29, 1.82) is 0 Å². The van der Waals surface area contributed by atoms with E-state index in [4.69, 9.17) is 0 Å². The van der Waals surface area contributed by atoms with E-state index in [1.807, 2.05) is 0 Å². The number of rotatable bonds is 4. The number of ketones is 1. The monoisotopic (exact) mass is 366 g/mol. The van der Waals surface area contributed by atoms with Gasteiger partial charge in [0, 0.05) is 12.6 Å². The molecule has 0 fully saturated rings. The number of aromatic nitrogens is 4. The van der Waals surface area contributed by atoms with Gasteiger partial charge in [0.2, 0.25) is 5.16 Å². The molecule has 0 aliphatic heterocycles. The zero-order valence-corrected chi connectivity index (χ0v) is 16.1. The Morgan fingerprint density at radius 2 is 1.96 bits per heavy atom. The normalized spacial score (nSPS) is 17.1. The molecule has 0 amide bonds. The highest BCUT2D eigenvalue weighted by Crippen LogP contribution is 2.32. The van der Waals surface area contributed by atoms with Gasteiger partial charge in [-0.15, -0.1) is 5.10 Å². The summed E-state index contributed by atoms with van der Waals surface area (Å²) in [5.41, 5.74) is 4.05. The Morgan fingerprint density at radius 3 is 2.65 bits per heavy atom. The molecule has 3 aromatic rings. The summed E-state index contributed by atoms with van der Waals surface area (Å²) < 4.78 is 1.63. The smallest absolute Gasteiger partial charge is 0.253 e. The molecule has 5 nitrogen and oxygen atoms in total. The summed E-state index contributed by atoms with van der Waals surface area (Å²) >= 11 is 1.58. The van der Waals surface area contributed by atoms with Crippen LogP contribution in [0.5, 0.6) is 0 Å². The second-order valence-electron chi connectivity index (χ2n) is 7.02. The number of thioether (sulfide) groups is 1. The summed E-state index contributed by atoms with van der Waals surface area (Å²) in [5, 5.41) is 5.11. The van der Waals surface area contributed by atoms with Crippen LogP contribution in [0.25, 0.3) is 5.78 Å². The zero-order valence-electron chi connectivity index (χ0n) is 15.3. The van der Waals surface area contributed by atoms with Crippen molar-refractivity contribution in [2.24, 2.45) is 0 Å². The molecule has 2 aromatic heterocycles. The zero-order chi connectivity index (χ0) is 18.3. The van der Waals surface area contributed by atoms with E-state index in [-0.39, 0.29) is 11.7 Å². The molecule has 1 atom stereocenters. The van der Waals surface area contributed by atoms with Gasteiger partial charge in [0.1, 0.15) is 0 Å². The summed E-state index contributed by atoms with van der Waals surface area (Å²) in [6, 6.07) is 8.65. The molecule has 2 heterocycles. The lowest BCUT2D eigenvalue weighted by atomic mass is 9.81. The highest BCUT2D eigenvalue weighted by molar-refractivity contribution is 7.99. The molecule has 1 unspecified atom stereocenters. The van der Waals surface area contributed by atoms with Gasteiger partial charge in [-0.3, -0.25) is 4.79 Å². The summed E-state index contributed by atoms with van der Waals surface area (Å²) in [4.78, 5) is 21.8. The van der Waals surface area contributed by atoms with Gasteiger partial charge in [-0.1, -0.05) is 56.8 Å². The van der Waals surface area contributed by atoms with Crippen molar-refractivity contribution in [1.82, 2.24) is 19.6 Å². The van der Waals surface area contributed by atoms with E-state index in [0.717, 1.165) is 17.9 Å². The van der Waals surface area contributed by atoms with E-state index in [2.05, 4.69) is 60.1 Å². The topological polar surface area (TPSA) is 60.1 Å². The standard InChI is InChI=1S/C20H22N4OS/c1-4-26-20-22-19-21-17-9-15(10-18(25)16(17)11-24(19)23-20)14-7-5-13(6-8-14)12(2)3/h5-8,11-12,15H,4,9-10H2,1-3H3. The Morgan fingerprint density at radius 1 is 1.19 bits per heavy atom. The van der Waals surface area contributed by atoms with E-state index in [1.54, 1.807) is 22.5 Å². The highest BCUT2D eigenvalue weighted by atomic mass is 32.2. The predicted octanol–water partition coefficient (Wildman–Crippen LogP) is 4.27. The van der Waals surface area contributed by atoms with Crippen LogP contribution in [-0.2, 0) is 6.42 Å². The molecule has 0 spiro atoms. The fraction of sp³-hybridized carbons (Fsp3) is 0.400. The number of carbonyl (C=O) groups is 1. The average molecular weight is 366 g/mol. The van der Waals surface area contributed by atoms with Gasteiger partial charge in [0.15, 0.2) is 5.78 Å². The Hall–Kier alpha value is -2.21. The van der Waals surface area contributed by atoms with Crippen molar-refractivity contribution in [3.05, 3.63) is 52.8 Å². The molecule has 1 aliphatic carbocycles. The summed E-state index contributed by atoms with van der Waals surface area (Å²) in [7, 11) is 0. The number of hydrogen-bond donors (Lipinski definition) is 0. The largest absolute Gasteiger partial charge is 0.294 e. The predicted molar refractivity (Wildman–Crippen MR) is 103 cm³/mol. The van der Waals surface area contributed by atoms with E-state index in [0.29, 0.717) is 28.8 Å². The lowest BCUT2D eigenvalue weighted by Crippen LogP contribution is -2.21. The van der Waals surface area contributed by atoms with E-state index >= 15 is 0 Å². The third-order valence-corrected chi connectivity index (χ3v) is 5.63. The Bertz CT molecular complexity index is 962. The summed E-state index contributed by atoms with van der Waals surface area (Å²) in [6.07, 6.45) is 3.08. The first-order valence-corrected chi connectivity index (χ1v) is 10.1. The minimum absolute atomic E-state index is 0.138. The molecule has 4 rings (SSSR count). The molecule has 0 bridgehead atoms. The first kappa shape index (κ1) is 17.2. The molecule has 134 valence electrons. The van der Waals surface area contributed by atoms with Crippen LogP contribution in [-0.4, -0.2) is 31.1 Å². The summed E-state index contributed by atoms with van der Waals surface area (Å²) in [6.45, 7) is 6.44. The van der Waals surface area contributed by atoms with Crippen LogP contribution in [0, 0.1) is 0 Å². The molecule has 0 saturated heterocycles. The highest BCUT2D eigenvalue weighted by Gasteiger charge is 2.28. The minimum Gasteiger partial charge on any atom is -0.294 e. The number of carbonyl (C=O) groups excluding carboxylic acids is 1. The van der Waals surface area contributed by atoms with E-state index in [1.165, 1.54) is 11.1 Å². The van der Waals surface area contributed by atoms with Crippen LogP contribution in [0.3, 0.4) is 0 Å². The van der Waals surface area contributed by atoms with Crippen LogP contribution >= 0.6 is 11.8 Å². The number of benzene rings is 1. The van der Waals surface area contributed by atoms with Crippen molar-refractivity contribution in [3.63, 3.8) is 0 Å². The molecular formula is C20H22N4OS. The van der Waals surface area contributed by atoms with Gasteiger partial charge in [-0.2, -0.15) is 4.98 Å². The van der Waals surface area contributed by atoms with E-state index in [9.17, 15) is 4.79 Å². The SMILES string of the molecule is CCSc1nc2nc3c(cn2n1)C(=O)CC(c1ccc(C(C)C)cc1)C3. The molecule has 1 aromatic carbocycles. The quantitative estimate of drug-likeness (QED) is 0.645. The fourth-order valence-electron chi connectivity index (χ4n) is 3.44. The number of Topliss-reactive ketones (excluding diaryl/α,β-unsaturated/α-hetero) is 1. The fourth-order valence-corrected chi connectivity index (χ4v) is 3.99. The molecule has 1 aliphatic rings. The third kappa shape index (κ3) is 3.14. The van der Waals surface area contributed by atoms with Gasteiger partial charge < -0.3 is 0 Å². The third-order valence-electron chi connectivity index (χ3n) is 4.91. The van der Waals surface area contributed by atoms with Crippen LogP contribution in [0.4, 0.5) is 0 Å². The maximum Gasteiger partial charge on any atom is 0.253 e. The maximum atomic E-state index is 12.7. The average Bonchev–Trinajstić information content (AvgIpc) is 3.02. The first-order chi connectivity index (χ1) is 12.5. The number of nitrogens with zero attached hydrogens (tertiary/aromatic N) is 4. The van der Waals surface area contributed by atoms with Crippen molar-refractivity contribution >= 4 is 23.3 Å². The molecule has 0 radical (unpaired) electrons. The summed E-state index contributed by atoms with van der Waals surface area (Å²) in [5.74, 6) is 2.31. The molecule has 0 N–H and O–H groups in total. The van der Waals surface area contributed by atoms with E-state index < -0.39 is 0 Å². The minimum atomic E-state index is 0.138. The van der Waals surface area contributed by atoms with Crippen molar-refractivity contribution in [3.8, 4) is 0 Å². The second kappa shape index (κ2) is 6.83. The van der Waals surface area contributed by atoms with Gasteiger partial charge in [-0.25, -0.2) is 9.50 Å². The number of fused-ring (bicyclic) bond motifs is 2. The van der Waals surface area contributed by atoms with Gasteiger partial charge in [-0.05, 0) is 35.1 Å². The second-order valence-corrected chi connectivity index (χ2v) is 8.25. The van der Waals surface area contributed by atoms with Crippen LogP contribution < -0.4 is 0 Å². The van der Waals surface area contributed by atoms with Gasteiger partial charge in [0.25, 0.3) is 5.78 Å². The Balaban J connectivity index is 1.66. The number of hydrogen-bond acceptors (Lipinski definition) is 5. The molecular weight excluding hydrogens is 344 g/mol. The maximum absolute atomic E-state index is 12.7. The molecule has 26 heavy (non-hydrogen) atoms. The lowest BCUT2D eigenvalue weighted by Gasteiger charge is -2.23. The Labute approximate surface area is 157 Å². The van der Waals surface area contributed by atoms with Crippen LogP contribution in [0.2, 0.25) is 0 Å². The van der Waals surface area contributed by atoms with Crippen molar-refractivity contribution in [2.45, 2.75) is 50.6 Å². The molecule has 0 saturated carbocycles. The first-order valence-electron chi connectivity index (χ1n) is 9.07. The van der Waals surface area contributed by atoms with Crippen molar-refractivity contribution < 1.29 is 4.79 Å². The molecule has 6 heteroatoms. The van der Waals surface area contributed by atoms with Crippen LogP contribution in [0.1, 0.15) is 66.2 Å². The van der Waals surface area contributed by atoms with Crippen LogP contribution in [0.15, 0.2) is 35.6 Å². The van der Waals surface area contributed by atoms with Crippen molar-refractivity contribution in [2.75, 3.05) is 5.75 Å². The lowest BCUT2D eigenvalue weighted by molar-refractivity contribution is 0.0962. The van der Waals surface area contributed by atoms with Gasteiger partial charge in [0.05, 0.1) is 11.3 Å².